The third kappa shape index (κ3) is 5.66. The van der Waals surface area contributed by atoms with E-state index in [9.17, 15) is 4.79 Å². The minimum atomic E-state index is -0.164. The van der Waals surface area contributed by atoms with Gasteiger partial charge in [0, 0.05) is 10.6 Å². The summed E-state index contributed by atoms with van der Waals surface area (Å²) in [6.45, 7) is 0. The van der Waals surface area contributed by atoms with Crippen molar-refractivity contribution in [2.75, 3.05) is 5.75 Å². The summed E-state index contributed by atoms with van der Waals surface area (Å²) in [7, 11) is 0. The first-order valence-electron chi connectivity index (χ1n) is 8.69. The summed E-state index contributed by atoms with van der Waals surface area (Å²) >= 11 is 6.11. The average molecular weight is 457 g/mol. The molecule has 0 aliphatic carbocycles. The summed E-state index contributed by atoms with van der Waals surface area (Å²) in [6.07, 6.45) is 1.64. The molecule has 29 heavy (non-hydrogen) atoms. The number of carbonyl (C=O) groups is 1. The van der Waals surface area contributed by atoms with Crippen molar-refractivity contribution >= 4 is 69.1 Å². The molecular formula is C20H16N4OS4. The van der Waals surface area contributed by atoms with Gasteiger partial charge in [0.2, 0.25) is 0 Å². The molecule has 0 bridgehead atoms. The normalized spacial score (nSPS) is 11.3. The second-order valence-electron chi connectivity index (χ2n) is 5.86. The zero-order valence-electron chi connectivity index (χ0n) is 15.1. The molecule has 0 fully saturated rings. The van der Waals surface area contributed by atoms with E-state index >= 15 is 0 Å². The standard InChI is InChI=1S/C20H16N4OS4/c25-18(22-21-11-16-8-4-10-26-16)13-28-20-24-23-19(29-20)27-12-15-7-3-6-14-5-1-2-9-17(14)15/h1-11H,12-13H2,(H,22,25)/b21-11-. The van der Waals surface area contributed by atoms with E-state index in [0.29, 0.717) is 0 Å². The molecule has 1 amide bonds. The van der Waals surface area contributed by atoms with Gasteiger partial charge in [0.1, 0.15) is 0 Å². The van der Waals surface area contributed by atoms with E-state index in [4.69, 9.17) is 0 Å². The number of nitrogens with zero attached hydrogens (tertiary/aromatic N) is 3. The van der Waals surface area contributed by atoms with Crippen molar-refractivity contribution in [3.63, 3.8) is 0 Å². The highest BCUT2D eigenvalue weighted by Gasteiger charge is 2.09. The second kappa shape index (κ2) is 10.0. The molecule has 0 spiro atoms. The first-order valence-corrected chi connectivity index (χ1v) is 12.4. The Labute approximate surface area is 184 Å². The van der Waals surface area contributed by atoms with Crippen molar-refractivity contribution in [1.29, 1.82) is 0 Å². The number of amides is 1. The van der Waals surface area contributed by atoms with E-state index in [0.717, 1.165) is 19.3 Å². The maximum Gasteiger partial charge on any atom is 0.250 e. The number of thiophene rings is 1. The van der Waals surface area contributed by atoms with Crippen LogP contribution in [0, 0.1) is 0 Å². The van der Waals surface area contributed by atoms with Crippen molar-refractivity contribution in [2.45, 2.75) is 14.4 Å². The number of hydrogen-bond donors (Lipinski definition) is 1. The number of hydrogen-bond acceptors (Lipinski definition) is 8. The molecule has 2 aromatic carbocycles. The Morgan fingerprint density at radius 2 is 1.86 bits per heavy atom. The highest BCUT2D eigenvalue weighted by atomic mass is 32.2. The van der Waals surface area contributed by atoms with Crippen molar-refractivity contribution in [3.8, 4) is 0 Å². The monoisotopic (exact) mass is 456 g/mol. The largest absolute Gasteiger partial charge is 0.272 e. The Hall–Kier alpha value is -2.20. The van der Waals surface area contributed by atoms with Gasteiger partial charge in [0.05, 0.1) is 12.0 Å². The van der Waals surface area contributed by atoms with Crippen molar-refractivity contribution in [1.82, 2.24) is 15.6 Å². The number of hydrazone groups is 1. The Morgan fingerprint density at radius 3 is 2.72 bits per heavy atom. The first-order chi connectivity index (χ1) is 14.3. The van der Waals surface area contributed by atoms with Gasteiger partial charge in [-0.15, -0.1) is 21.5 Å². The molecule has 0 saturated carbocycles. The van der Waals surface area contributed by atoms with Crippen LogP contribution < -0.4 is 5.43 Å². The fourth-order valence-electron chi connectivity index (χ4n) is 2.56. The number of aromatic nitrogens is 2. The number of benzene rings is 2. The smallest absolute Gasteiger partial charge is 0.250 e. The molecule has 4 aromatic rings. The molecule has 5 nitrogen and oxygen atoms in total. The predicted octanol–water partition coefficient (Wildman–Crippen LogP) is 5.29. The van der Waals surface area contributed by atoms with Crippen LogP contribution in [0.15, 0.2) is 73.8 Å². The lowest BCUT2D eigenvalue weighted by atomic mass is 10.1. The Bertz CT molecular complexity index is 1120. The molecule has 0 aliphatic rings. The minimum absolute atomic E-state index is 0.164. The molecule has 146 valence electrons. The molecular weight excluding hydrogens is 441 g/mol. The van der Waals surface area contributed by atoms with Crippen LogP contribution in [-0.4, -0.2) is 28.1 Å². The highest BCUT2D eigenvalue weighted by molar-refractivity contribution is 8.03. The van der Waals surface area contributed by atoms with E-state index in [2.05, 4.69) is 63.2 Å². The number of carbonyl (C=O) groups excluding carboxylic acids is 1. The SMILES string of the molecule is O=C(CSc1nnc(SCc2cccc3ccccc23)s1)N/N=C\c1cccs1. The maximum atomic E-state index is 11.9. The van der Waals surface area contributed by atoms with Gasteiger partial charge in [-0.05, 0) is 27.8 Å². The predicted molar refractivity (Wildman–Crippen MR) is 124 cm³/mol. The fourth-order valence-corrected chi connectivity index (χ4v) is 5.97. The molecule has 2 heterocycles. The van der Waals surface area contributed by atoms with E-state index in [-0.39, 0.29) is 11.7 Å². The van der Waals surface area contributed by atoms with Gasteiger partial charge in [0.15, 0.2) is 8.68 Å². The zero-order valence-corrected chi connectivity index (χ0v) is 18.4. The lowest BCUT2D eigenvalue weighted by molar-refractivity contribution is -0.118. The number of fused-ring (bicyclic) bond motifs is 1. The van der Waals surface area contributed by atoms with Crippen molar-refractivity contribution < 1.29 is 4.79 Å². The molecule has 0 aliphatic heterocycles. The van der Waals surface area contributed by atoms with Crippen LogP contribution >= 0.6 is 46.2 Å². The summed E-state index contributed by atoms with van der Waals surface area (Å²) in [5.41, 5.74) is 3.81. The third-order valence-corrected chi connectivity index (χ3v) is 7.92. The third-order valence-electron chi connectivity index (χ3n) is 3.87. The molecule has 0 radical (unpaired) electrons. The van der Waals surface area contributed by atoms with E-state index in [1.165, 1.54) is 39.4 Å². The van der Waals surface area contributed by atoms with Crippen LogP contribution in [0.25, 0.3) is 10.8 Å². The molecule has 0 saturated heterocycles. The summed E-state index contributed by atoms with van der Waals surface area (Å²) in [6, 6.07) is 18.6. The van der Waals surface area contributed by atoms with Gasteiger partial charge in [0.25, 0.3) is 5.91 Å². The minimum Gasteiger partial charge on any atom is -0.272 e. The fraction of sp³-hybridized carbons (Fsp3) is 0.100. The average Bonchev–Trinajstić information content (AvgIpc) is 3.43. The van der Waals surface area contributed by atoms with Crippen molar-refractivity contribution in [2.24, 2.45) is 5.10 Å². The van der Waals surface area contributed by atoms with Crippen LogP contribution in [0.4, 0.5) is 0 Å². The quantitative estimate of drug-likeness (QED) is 0.222. The Morgan fingerprint density at radius 1 is 1.03 bits per heavy atom. The number of nitrogens with one attached hydrogen (secondary N) is 1. The molecule has 0 unspecified atom stereocenters. The lowest BCUT2D eigenvalue weighted by Gasteiger charge is -2.04. The van der Waals surface area contributed by atoms with Crippen LogP contribution in [0.3, 0.4) is 0 Å². The summed E-state index contributed by atoms with van der Waals surface area (Å²) in [4.78, 5) is 12.9. The lowest BCUT2D eigenvalue weighted by Crippen LogP contribution is -2.19. The van der Waals surface area contributed by atoms with Crippen LogP contribution in [0.2, 0.25) is 0 Å². The van der Waals surface area contributed by atoms with Gasteiger partial charge in [-0.1, -0.05) is 83.4 Å². The molecule has 0 atom stereocenters. The van der Waals surface area contributed by atoms with Gasteiger partial charge in [-0.2, -0.15) is 5.10 Å². The first kappa shape index (κ1) is 20.1. The van der Waals surface area contributed by atoms with E-state index in [1.807, 2.05) is 17.5 Å². The van der Waals surface area contributed by atoms with Crippen molar-refractivity contribution in [3.05, 3.63) is 70.4 Å². The molecule has 2 aromatic heterocycles. The van der Waals surface area contributed by atoms with Gasteiger partial charge >= 0.3 is 0 Å². The zero-order chi connectivity index (χ0) is 19.9. The Balaban J connectivity index is 1.26. The second-order valence-corrected chi connectivity index (χ2v) is 10.3. The van der Waals surface area contributed by atoms with Gasteiger partial charge in [-0.25, -0.2) is 5.43 Å². The topological polar surface area (TPSA) is 67.2 Å². The van der Waals surface area contributed by atoms with Crippen LogP contribution in [-0.2, 0) is 10.5 Å². The molecule has 1 N–H and O–H groups in total. The van der Waals surface area contributed by atoms with E-state index < -0.39 is 0 Å². The van der Waals surface area contributed by atoms with Crippen LogP contribution in [0.1, 0.15) is 10.4 Å². The maximum absolute atomic E-state index is 11.9. The van der Waals surface area contributed by atoms with Gasteiger partial charge in [-0.3, -0.25) is 4.79 Å². The number of thioether (sulfide) groups is 2. The van der Waals surface area contributed by atoms with Crippen LogP contribution in [0.5, 0.6) is 0 Å². The number of rotatable bonds is 8. The Kier molecular flexibility index (Phi) is 6.94. The summed E-state index contributed by atoms with van der Waals surface area (Å²) in [5.74, 6) is 0.922. The van der Waals surface area contributed by atoms with E-state index in [1.54, 1.807) is 29.3 Å². The highest BCUT2D eigenvalue weighted by Crippen LogP contribution is 2.32. The molecule has 9 heteroatoms. The summed E-state index contributed by atoms with van der Waals surface area (Å²) in [5, 5.41) is 16.8. The van der Waals surface area contributed by atoms with Gasteiger partial charge < -0.3 is 0 Å². The molecule has 4 rings (SSSR count). The summed E-state index contributed by atoms with van der Waals surface area (Å²) < 4.78 is 1.68.